The van der Waals surface area contributed by atoms with Crippen molar-refractivity contribution >= 4 is 29.2 Å². The first-order chi connectivity index (χ1) is 10.9. The number of phenols is 1. The Morgan fingerprint density at radius 3 is 2.70 bits per heavy atom. The topological polar surface area (TPSA) is 79.7 Å². The smallest absolute Gasteiger partial charge is 0.303 e. The summed E-state index contributed by atoms with van der Waals surface area (Å²) in [7, 11) is 0. The molecular weight excluding hydrogens is 341 g/mol. The van der Waals surface area contributed by atoms with Crippen molar-refractivity contribution in [3.8, 4) is 22.8 Å². The van der Waals surface area contributed by atoms with Gasteiger partial charge in [0.05, 0.1) is 21.8 Å². The number of carboxylic acids is 1. The Kier molecular flexibility index (Phi) is 5.69. The average molecular weight is 356 g/mol. The van der Waals surface area contributed by atoms with Crippen LogP contribution in [-0.4, -0.2) is 27.3 Å². The number of aliphatic carboxylic acids is 1. The van der Waals surface area contributed by atoms with E-state index in [2.05, 4.69) is 4.98 Å². The lowest BCUT2D eigenvalue weighted by Gasteiger charge is -2.15. The van der Waals surface area contributed by atoms with Crippen molar-refractivity contribution in [1.29, 1.82) is 0 Å². The number of hydrogen-bond donors (Lipinski definition) is 2. The van der Waals surface area contributed by atoms with E-state index in [4.69, 9.17) is 33.0 Å². The average Bonchev–Trinajstić information content (AvgIpc) is 2.47. The molecule has 23 heavy (non-hydrogen) atoms. The van der Waals surface area contributed by atoms with Crippen molar-refractivity contribution in [2.75, 3.05) is 0 Å². The summed E-state index contributed by atoms with van der Waals surface area (Å²) in [5.41, 5.74) is 1.12. The molecule has 0 fully saturated rings. The number of pyridine rings is 1. The Balaban J connectivity index is 2.16. The van der Waals surface area contributed by atoms with Gasteiger partial charge in [-0.2, -0.15) is 0 Å². The Bertz CT molecular complexity index is 721. The number of carboxylic acid groups (broad SMARTS) is 1. The molecule has 0 saturated carbocycles. The molecule has 2 aromatic rings. The van der Waals surface area contributed by atoms with Gasteiger partial charge in [0, 0.05) is 18.2 Å². The molecule has 1 heterocycles. The highest BCUT2D eigenvalue weighted by atomic mass is 35.5. The molecule has 1 unspecified atom stereocenters. The van der Waals surface area contributed by atoms with Crippen LogP contribution in [0.4, 0.5) is 0 Å². The predicted octanol–water partition coefficient (Wildman–Crippen LogP) is 4.39. The standard InChI is InChI=1S/C16H15Cl2NO4/c1-9(2-5-15(21)22)23-14-4-3-10(6-13(14)20)16-12(18)7-11(17)8-19-16/h3-4,6-9,20H,2,5H2,1H3,(H,21,22). The number of halogens is 2. The first-order valence-electron chi connectivity index (χ1n) is 6.89. The van der Waals surface area contributed by atoms with Crippen molar-refractivity contribution in [3.05, 3.63) is 40.5 Å². The molecular formula is C16H15Cl2NO4. The van der Waals surface area contributed by atoms with Crippen LogP contribution in [-0.2, 0) is 4.79 Å². The van der Waals surface area contributed by atoms with E-state index in [9.17, 15) is 9.90 Å². The highest BCUT2D eigenvalue weighted by molar-refractivity contribution is 6.36. The number of aromatic hydroxyl groups is 1. The van der Waals surface area contributed by atoms with Gasteiger partial charge in [0.1, 0.15) is 0 Å². The molecule has 1 atom stereocenters. The van der Waals surface area contributed by atoms with Crippen LogP contribution in [0.25, 0.3) is 11.3 Å². The van der Waals surface area contributed by atoms with Crippen molar-refractivity contribution < 1.29 is 19.7 Å². The number of ether oxygens (including phenoxy) is 1. The molecule has 2 rings (SSSR count). The van der Waals surface area contributed by atoms with Crippen LogP contribution in [0.5, 0.6) is 11.5 Å². The van der Waals surface area contributed by atoms with E-state index < -0.39 is 5.97 Å². The van der Waals surface area contributed by atoms with Gasteiger partial charge in [-0.15, -0.1) is 0 Å². The molecule has 0 aliphatic heterocycles. The quantitative estimate of drug-likeness (QED) is 0.802. The van der Waals surface area contributed by atoms with E-state index in [1.807, 2.05) is 0 Å². The van der Waals surface area contributed by atoms with Gasteiger partial charge in [0.15, 0.2) is 11.5 Å². The molecule has 7 heteroatoms. The highest BCUT2D eigenvalue weighted by Crippen LogP contribution is 2.35. The van der Waals surface area contributed by atoms with Crippen LogP contribution >= 0.6 is 23.2 Å². The number of nitrogens with zero attached hydrogens (tertiary/aromatic N) is 1. The number of aromatic nitrogens is 1. The van der Waals surface area contributed by atoms with E-state index in [0.29, 0.717) is 27.7 Å². The fraction of sp³-hybridized carbons (Fsp3) is 0.250. The van der Waals surface area contributed by atoms with Gasteiger partial charge in [-0.3, -0.25) is 9.78 Å². The third-order valence-corrected chi connectivity index (χ3v) is 3.63. The second kappa shape index (κ2) is 7.53. The van der Waals surface area contributed by atoms with Crippen molar-refractivity contribution in [3.63, 3.8) is 0 Å². The lowest BCUT2D eigenvalue weighted by molar-refractivity contribution is -0.137. The van der Waals surface area contributed by atoms with Crippen LogP contribution in [0.2, 0.25) is 10.0 Å². The summed E-state index contributed by atoms with van der Waals surface area (Å²) in [5, 5.41) is 19.5. The summed E-state index contributed by atoms with van der Waals surface area (Å²) < 4.78 is 5.55. The fourth-order valence-corrected chi connectivity index (χ4v) is 2.48. The van der Waals surface area contributed by atoms with Gasteiger partial charge in [-0.25, -0.2) is 0 Å². The maximum atomic E-state index is 10.5. The normalized spacial score (nSPS) is 12.0. The van der Waals surface area contributed by atoms with E-state index in [1.165, 1.54) is 12.3 Å². The summed E-state index contributed by atoms with van der Waals surface area (Å²) in [5.74, 6) is -0.683. The summed E-state index contributed by atoms with van der Waals surface area (Å²) in [6.07, 6.45) is 1.49. The second-order valence-corrected chi connectivity index (χ2v) is 5.87. The number of rotatable bonds is 6. The zero-order chi connectivity index (χ0) is 17.0. The van der Waals surface area contributed by atoms with Crippen LogP contribution in [0.3, 0.4) is 0 Å². The van der Waals surface area contributed by atoms with Crippen LogP contribution in [0.15, 0.2) is 30.5 Å². The zero-order valence-electron chi connectivity index (χ0n) is 12.3. The van der Waals surface area contributed by atoms with Crippen LogP contribution < -0.4 is 4.74 Å². The van der Waals surface area contributed by atoms with E-state index in [1.54, 1.807) is 25.1 Å². The molecule has 0 spiro atoms. The van der Waals surface area contributed by atoms with E-state index in [0.717, 1.165) is 0 Å². The molecule has 0 aliphatic carbocycles. The fourth-order valence-electron chi connectivity index (χ4n) is 1.99. The minimum Gasteiger partial charge on any atom is -0.504 e. The summed E-state index contributed by atoms with van der Waals surface area (Å²) in [4.78, 5) is 14.7. The van der Waals surface area contributed by atoms with Crippen molar-refractivity contribution in [2.24, 2.45) is 0 Å². The van der Waals surface area contributed by atoms with Crippen molar-refractivity contribution in [2.45, 2.75) is 25.9 Å². The van der Waals surface area contributed by atoms with Gasteiger partial charge in [-0.05, 0) is 37.6 Å². The number of carbonyl (C=O) groups is 1. The summed E-state index contributed by atoms with van der Waals surface area (Å²) >= 11 is 11.9. The monoisotopic (exact) mass is 355 g/mol. The Hall–Kier alpha value is -1.98. The Morgan fingerprint density at radius 1 is 1.35 bits per heavy atom. The third-order valence-electron chi connectivity index (χ3n) is 3.13. The molecule has 0 saturated heterocycles. The predicted molar refractivity (Wildman–Crippen MR) is 88.3 cm³/mol. The van der Waals surface area contributed by atoms with Crippen molar-refractivity contribution in [1.82, 2.24) is 4.98 Å². The zero-order valence-corrected chi connectivity index (χ0v) is 13.8. The largest absolute Gasteiger partial charge is 0.504 e. The Labute approximate surface area is 143 Å². The Morgan fingerprint density at radius 2 is 2.09 bits per heavy atom. The molecule has 1 aromatic carbocycles. The van der Waals surface area contributed by atoms with Crippen LogP contribution in [0.1, 0.15) is 19.8 Å². The number of hydrogen-bond acceptors (Lipinski definition) is 4. The summed E-state index contributed by atoms with van der Waals surface area (Å²) in [6, 6.07) is 6.36. The minimum absolute atomic E-state index is 0.00428. The number of phenolic OH excluding ortho intramolecular Hbond substituents is 1. The van der Waals surface area contributed by atoms with Crippen LogP contribution in [0, 0.1) is 0 Å². The SMILES string of the molecule is CC(CCC(=O)O)Oc1ccc(-c2ncc(Cl)cc2Cl)cc1O. The lowest BCUT2D eigenvalue weighted by atomic mass is 10.1. The highest BCUT2D eigenvalue weighted by Gasteiger charge is 2.13. The summed E-state index contributed by atoms with van der Waals surface area (Å²) in [6.45, 7) is 1.74. The maximum Gasteiger partial charge on any atom is 0.303 e. The third kappa shape index (κ3) is 4.74. The molecule has 0 bridgehead atoms. The van der Waals surface area contributed by atoms with Gasteiger partial charge >= 0.3 is 5.97 Å². The van der Waals surface area contributed by atoms with Gasteiger partial charge in [-0.1, -0.05) is 23.2 Å². The number of benzene rings is 1. The van der Waals surface area contributed by atoms with Gasteiger partial charge in [0.2, 0.25) is 0 Å². The molecule has 122 valence electrons. The molecule has 0 radical (unpaired) electrons. The molecule has 5 nitrogen and oxygen atoms in total. The van der Waals surface area contributed by atoms with E-state index >= 15 is 0 Å². The molecule has 0 amide bonds. The van der Waals surface area contributed by atoms with Gasteiger partial charge < -0.3 is 14.9 Å². The maximum absolute atomic E-state index is 10.5. The first kappa shape index (κ1) is 17.4. The first-order valence-corrected chi connectivity index (χ1v) is 7.65. The molecule has 2 N–H and O–H groups in total. The molecule has 1 aromatic heterocycles. The minimum atomic E-state index is -0.886. The second-order valence-electron chi connectivity index (χ2n) is 5.03. The van der Waals surface area contributed by atoms with E-state index in [-0.39, 0.29) is 24.0 Å². The lowest BCUT2D eigenvalue weighted by Crippen LogP contribution is -2.13. The molecule has 0 aliphatic rings. The van der Waals surface area contributed by atoms with Gasteiger partial charge in [0.25, 0.3) is 0 Å².